The third-order valence-corrected chi connectivity index (χ3v) is 3.12. The Labute approximate surface area is 109 Å². The molecular formula is C14H21ClO2. The molecule has 0 amide bonds. The fourth-order valence-electron chi connectivity index (χ4n) is 1.88. The van der Waals surface area contributed by atoms with Crippen LogP contribution in [0.25, 0.3) is 0 Å². The number of benzene rings is 1. The largest absolute Gasteiger partial charge is 0.496 e. The van der Waals surface area contributed by atoms with E-state index < -0.39 is 6.10 Å². The van der Waals surface area contributed by atoms with Gasteiger partial charge in [0.1, 0.15) is 5.75 Å². The van der Waals surface area contributed by atoms with Crippen molar-refractivity contribution in [2.24, 2.45) is 0 Å². The van der Waals surface area contributed by atoms with Crippen molar-refractivity contribution in [2.75, 3.05) is 7.11 Å². The molecule has 1 unspecified atom stereocenters. The molecule has 0 aliphatic heterocycles. The van der Waals surface area contributed by atoms with E-state index in [-0.39, 0.29) is 0 Å². The molecular weight excluding hydrogens is 236 g/mol. The molecule has 2 nitrogen and oxygen atoms in total. The summed E-state index contributed by atoms with van der Waals surface area (Å²) < 4.78 is 5.23. The van der Waals surface area contributed by atoms with Crippen molar-refractivity contribution in [3.8, 4) is 5.75 Å². The van der Waals surface area contributed by atoms with Crippen molar-refractivity contribution in [2.45, 2.75) is 45.1 Å². The molecule has 96 valence electrons. The predicted molar refractivity (Wildman–Crippen MR) is 71.7 cm³/mol. The van der Waals surface area contributed by atoms with E-state index in [1.807, 2.05) is 6.07 Å². The minimum Gasteiger partial charge on any atom is -0.496 e. The van der Waals surface area contributed by atoms with E-state index in [4.69, 9.17) is 16.3 Å². The van der Waals surface area contributed by atoms with Crippen molar-refractivity contribution < 1.29 is 9.84 Å². The van der Waals surface area contributed by atoms with Gasteiger partial charge in [0.05, 0.1) is 13.2 Å². The van der Waals surface area contributed by atoms with Crippen LogP contribution in [0.1, 0.15) is 50.7 Å². The van der Waals surface area contributed by atoms with Crippen LogP contribution in [0.3, 0.4) is 0 Å². The van der Waals surface area contributed by atoms with Gasteiger partial charge < -0.3 is 9.84 Å². The van der Waals surface area contributed by atoms with Gasteiger partial charge in [0, 0.05) is 10.6 Å². The van der Waals surface area contributed by atoms with Gasteiger partial charge in [0.25, 0.3) is 0 Å². The first-order valence-corrected chi connectivity index (χ1v) is 6.58. The molecule has 0 bridgehead atoms. The number of halogens is 1. The van der Waals surface area contributed by atoms with E-state index in [2.05, 4.69) is 6.92 Å². The van der Waals surface area contributed by atoms with Crippen molar-refractivity contribution >= 4 is 11.6 Å². The molecule has 0 heterocycles. The molecule has 0 radical (unpaired) electrons. The summed E-state index contributed by atoms with van der Waals surface area (Å²) in [6.07, 6.45) is 4.96. The van der Waals surface area contributed by atoms with Crippen LogP contribution in [-0.4, -0.2) is 12.2 Å². The Morgan fingerprint density at radius 1 is 1.29 bits per heavy atom. The van der Waals surface area contributed by atoms with E-state index in [1.54, 1.807) is 19.2 Å². The Morgan fingerprint density at radius 2 is 2.06 bits per heavy atom. The highest BCUT2D eigenvalue weighted by Gasteiger charge is 2.13. The molecule has 17 heavy (non-hydrogen) atoms. The minimum absolute atomic E-state index is 0.459. The van der Waals surface area contributed by atoms with Gasteiger partial charge in [-0.3, -0.25) is 0 Å². The Hall–Kier alpha value is -0.730. The van der Waals surface area contributed by atoms with Crippen molar-refractivity contribution in [1.82, 2.24) is 0 Å². The van der Waals surface area contributed by atoms with Crippen LogP contribution in [0.5, 0.6) is 5.75 Å². The summed E-state index contributed by atoms with van der Waals surface area (Å²) in [4.78, 5) is 0. The van der Waals surface area contributed by atoms with Crippen molar-refractivity contribution in [3.63, 3.8) is 0 Å². The third-order valence-electron chi connectivity index (χ3n) is 2.89. The highest BCUT2D eigenvalue weighted by molar-refractivity contribution is 6.30. The number of ether oxygens (including phenoxy) is 1. The number of aliphatic hydroxyl groups excluding tert-OH is 1. The first-order valence-electron chi connectivity index (χ1n) is 6.20. The van der Waals surface area contributed by atoms with E-state index in [9.17, 15) is 5.11 Å². The van der Waals surface area contributed by atoms with Gasteiger partial charge in [-0.25, -0.2) is 0 Å². The molecule has 1 aromatic carbocycles. The van der Waals surface area contributed by atoms with Gasteiger partial charge in [0.15, 0.2) is 0 Å². The Bertz CT molecular complexity index is 339. The second-order valence-corrected chi connectivity index (χ2v) is 4.69. The van der Waals surface area contributed by atoms with E-state index >= 15 is 0 Å². The molecule has 1 aromatic rings. The van der Waals surface area contributed by atoms with Crippen LogP contribution in [0, 0.1) is 0 Å². The smallest absolute Gasteiger partial charge is 0.126 e. The summed E-state index contributed by atoms with van der Waals surface area (Å²) in [7, 11) is 1.60. The lowest BCUT2D eigenvalue weighted by molar-refractivity contribution is 0.159. The van der Waals surface area contributed by atoms with Crippen LogP contribution in [0.2, 0.25) is 5.02 Å². The Kier molecular flexibility index (Phi) is 6.38. The average Bonchev–Trinajstić information content (AvgIpc) is 2.34. The zero-order chi connectivity index (χ0) is 12.7. The molecule has 0 aliphatic rings. The molecule has 0 fully saturated rings. The maximum Gasteiger partial charge on any atom is 0.126 e. The zero-order valence-electron chi connectivity index (χ0n) is 10.6. The first kappa shape index (κ1) is 14.3. The van der Waals surface area contributed by atoms with Crippen LogP contribution in [0.15, 0.2) is 18.2 Å². The summed E-state index contributed by atoms with van der Waals surface area (Å²) in [5, 5.41) is 10.7. The normalized spacial score (nSPS) is 12.5. The quantitative estimate of drug-likeness (QED) is 0.735. The number of hydrogen-bond acceptors (Lipinski definition) is 2. The van der Waals surface area contributed by atoms with Gasteiger partial charge in [-0.05, 0) is 18.6 Å². The number of rotatable bonds is 7. The lowest BCUT2D eigenvalue weighted by Gasteiger charge is -2.14. The van der Waals surface area contributed by atoms with E-state index in [0.717, 1.165) is 18.4 Å². The van der Waals surface area contributed by atoms with E-state index in [0.29, 0.717) is 10.8 Å². The number of hydrogen-bond donors (Lipinski definition) is 1. The van der Waals surface area contributed by atoms with Gasteiger partial charge in [-0.15, -0.1) is 0 Å². The summed E-state index contributed by atoms with van der Waals surface area (Å²) in [6.45, 7) is 2.18. The molecule has 1 rings (SSSR count). The van der Waals surface area contributed by atoms with Gasteiger partial charge in [-0.1, -0.05) is 50.3 Å². The molecule has 1 N–H and O–H groups in total. The second kappa shape index (κ2) is 7.57. The summed E-state index contributed by atoms with van der Waals surface area (Å²) in [5.74, 6) is 0.667. The molecule has 0 saturated heterocycles. The maximum absolute atomic E-state index is 10.1. The van der Waals surface area contributed by atoms with Crippen molar-refractivity contribution in [1.29, 1.82) is 0 Å². The highest BCUT2D eigenvalue weighted by Crippen LogP contribution is 2.30. The molecule has 1 atom stereocenters. The molecule has 0 saturated carbocycles. The first-order chi connectivity index (χ1) is 8.19. The minimum atomic E-state index is -0.459. The Morgan fingerprint density at radius 3 is 2.71 bits per heavy atom. The topological polar surface area (TPSA) is 29.5 Å². The fourth-order valence-corrected chi connectivity index (χ4v) is 2.04. The molecule has 3 heteroatoms. The third kappa shape index (κ3) is 4.57. The maximum atomic E-state index is 10.1. The number of unbranched alkanes of at least 4 members (excludes halogenated alkanes) is 3. The monoisotopic (exact) mass is 256 g/mol. The van der Waals surface area contributed by atoms with Gasteiger partial charge in [0.2, 0.25) is 0 Å². The lowest BCUT2D eigenvalue weighted by atomic mass is 10.0. The number of methoxy groups -OCH3 is 1. The SMILES string of the molecule is CCCCCCC(O)c1ccc(Cl)cc1OC. The van der Waals surface area contributed by atoms with Crippen molar-refractivity contribution in [3.05, 3.63) is 28.8 Å². The molecule has 0 aliphatic carbocycles. The number of aliphatic hydroxyl groups is 1. The summed E-state index contributed by atoms with van der Waals surface area (Å²) in [5.41, 5.74) is 0.827. The van der Waals surface area contributed by atoms with Crippen LogP contribution in [0.4, 0.5) is 0 Å². The fraction of sp³-hybridized carbons (Fsp3) is 0.571. The standard InChI is InChI=1S/C14H21ClO2/c1-3-4-5-6-7-13(16)12-9-8-11(15)10-14(12)17-2/h8-10,13,16H,3-7H2,1-2H3. The van der Waals surface area contributed by atoms with Gasteiger partial charge >= 0.3 is 0 Å². The van der Waals surface area contributed by atoms with Crippen LogP contribution >= 0.6 is 11.6 Å². The predicted octanol–water partition coefficient (Wildman–Crippen LogP) is 4.35. The summed E-state index contributed by atoms with van der Waals surface area (Å²) in [6, 6.07) is 5.37. The second-order valence-electron chi connectivity index (χ2n) is 4.25. The lowest BCUT2D eigenvalue weighted by Crippen LogP contribution is -2.00. The summed E-state index contributed by atoms with van der Waals surface area (Å²) >= 11 is 5.88. The average molecular weight is 257 g/mol. The molecule has 0 spiro atoms. The zero-order valence-corrected chi connectivity index (χ0v) is 11.3. The van der Waals surface area contributed by atoms with E-state index in [1.165, 1.54) is 19.3 Å². The van der Waals surface area contributed by atoms with Crippen LogP contribution < -0.4 is 4.74 Å². The molecule has 0 aromatic heterocycles. The highest BCUT2D eigenvalue weighted by atomic mass is 35.5. The van der Waals surface area contributed by atoms with Gasteiger partial charge in [-0.2, -0.15) is 0 Å². The van der Waals surface area contributed by atoms with Crippen LogP contribution in [-0.2, 0) is 0 Å². The Balaban J connectivity index is 2.58.